The van der Waals surface area contributed by atoms with Crippen LogP contribution in [0.4, 0.5) is 5.95 Å². The standard InChI is InChI=1S/C15H22ClN5/c1-11(2)17-8-12-4-3-7-20(9-12)15-18-14-6-5-13(16)10-21(14)19-15/h5-6,10-12,17H,3-4,7-9H2,1-2H3. The van der Waals surface area contributed by atoms with Gasteiger partial charge >= 0.3 is 0 Å². The molecule has 21 heavy (non-hydrogen) atoms. The van der Waals surface area contributed by atoms with E-state index in [1.165, 1.54) is 12.8 Å². The summed E-state index contributed by atoms with van der Waals surface area (Å²) in [7, 11) is 0. The van der Waals surface area contributed by atoms with E-state index < -0.39 is 0 Å². The second-order valence-corrected chi connectivity index (χ2v) is 6.52. The minimum Gasteiger partial charge on any atom is -0.339 e. The summed E-state index contributed by atoms with van der Waals surface area (Å²) < 4.78 is 1.76. The molecule has 1 fully saturated rings. The summed E-state index contributed by atoms with van der Waals surface area (Å²) in [6, 6.07) is 4.29. The number of nitrogens with one attached hydrogen (secondary N) is 1. The lowest BCUT2D eigenvalue weighted by atomic mass is 9.98. The van der Waals surface area contributed by atoms with Crippen molar-refractivity contribution in [2.45, 2.75) is 32.7 Å². The normalized spacial score (nSPS) is 19.6. The van der Waals surface area contributed by atoms with Crippen LogP contribution in [0.1, 0.15) is 26.7 Å². The van der Waals surface area contributed by atoms with Gasteiger partial charge in [0.2, 0.25) is 5.95 Å². The molecule has 1 unspecified atom stereocenters. The largest absolute Gasteiger partial charge is 0.339 e. The molecule has 0 saturated carbocycles. The minimum atomic E-state index is 0.538. The van der Waals surface area contributed by atoms with E-state index >= 15 is 0 Å². The van der Waals surface area contributed by atoms with Crippen molar-refractivity contribution in [2.75, 3.05) is 24.5 Å². The Morgan fingerprint density at radius 2 is 2.29 bits per heavy atom. The third-order valence-corrected chi connectivity index (χ3v) is 4.12. The van der Waals surface area contributed by atoms with Gasteiger partial charge in [0.25, 0.3) is 0 Å². The summed E-state index contributed by atoms with van der Waals surface area (Å²) in [5.41, 5.74) is 0.844. The van der Waals surface area contributed by atoms with Crippen LogP contribution in [0.25, 0.3) is 5.65 Å². The molecular weight excluding hydrogens is 286 g/mol. The molecular formula is C15H22ClN5. The Kier molecular flexibility index (Phi) is 4.31. The van der Waals surface area contributed by atoms with E-state index in [4.69, 9.17) is 11.6 Å². The third kappa shape index (κ3) is 3.47. The Hall–Kier alpha value is -1.33. The summed E-state index contributed by atoms with van der Waals surface area (Å²) in [5.74, 6) is 1.47. The second-order valence-electron chi connectivity index (χ2n) is 6.08. The summed E-state index contributed by atoms with van der Waals surface area (Å²) >= 11 is 6.00. The van der Waals surface area contributed by atoms with Crippen LogP contribution in [0.3, 0.4) is 0 Å². The summed E-state index contributed by atoms with van der Waals surface area (Å²) in [4.78, 5) is 6.89. The zero-order chi connectivity index (χ0) is 14.8. The summed E-state index contributed by atoms with van der Waals surface area (Å²) in [5, 5.41) is 8.76. The average molecular weight is 308 g/mol. The van der Waals surface area contributed by atoms with Crippen LogP contribution < -0.4 is 10.2 Å². The lowest BCUT2D eigenvalue weighted by Gasteiger charge is -2.32. The van der Waals surface area contributed by atoms with Gasteiger partial charge in [0, 0.05) is 25.3 Å². The molecule has 1 saturated heterocycles. The Balaban J connectivity index is 1.72. The van der Waals surface area contributed by atoms with E-state index in [1.54, 1.807) is 10.7 Å². The first-order valence-corrected chi connectivity index (χ1v) is 8.00. The van der Waals surface area contributed by atoms with Crippen molar-refractivity contribution in [2.24, 2.45) is 5.92 Å². The maximum absolute atomic E-state index is 6.00. The molecule has 0 bridgehead atoms. The number of rotatable bonds is 4. The molecule has 0 amide bonds. The lowest BCUT2D eigenvalue weighted by molar-refractivity contribution is 0.377. The fourth-order valence-corrected chi connectivity index (χ4v) is 2.95. The van der Waals surface area contributed by atoms with E-state index in [2.05, 4.69) is 34.1 Å². The predicted molar refractivity (Wildman–Crippen MR) is 86.1 cm³/mol. The van der Waals surface area contributed by atoms with Crippen molar-refractivity contribution in [1.29, 1.82) is 0 Å². The van der Waals surface area contributed by atoms with Crippen LogP contribution in [0.15, 0.2) is 18.3 Å². The van der Waals surface area contributed by atoms with Gasteiger partial charge in [0.15, 0.2) is 5.65 Å². The predicted octanol–water partition coefficient (Wildman–Crippen LogP) is 2.60. The van der Waals surface area contributed by atoms with Gasteiger partial charge in [-0.3, -0.25) is 0 Å². The molecule has 3 rings (SSSR count). The fourth-order valence-electron chi connectivity index (χ4n) is 2.80. The Morgan fingerprint density at radius 3 is 3.10 bits per heavy atom. The molecule has 3 heterocycles. The molecule has 114 valence electrons. The molecule has 2 aromatic rings. The highest BCUT2D eigenvalue weighted by Gasteiger charge is 2.22. The average Bonchev–Trinajstić information content (AvgIpc) is 2.88. The number of hydrogen-bond acceptors (Lipinski definition) is 4. The molecule has 1 atom stereocenters. The molecule has 1 aliphatic heterocycles. The number of fused-ring (bicyclic) bond motifs is 1. The van der Waals surface area contributed by atoms with Gasteiger partial charge in [0.1, 0.15) is 0 Å². The van der Waals surface area contributed by atoms with Crippen LogP contribution in [-0.4, -0.2) is 40.3 Å². The molecule has 1 aliphatic rings. The van der Waals surface area contributed by atoms with Gasteiger partial charge in [-0.25, -0.2) is 4.52 Å². The van der Waals surface area contributed by atoms with Crippen LogP contribution in [-0.2, 0) is 0 Å². The van der Waals surface area contributed by atoms with Crippen molar-refractivity contribution in [1.82, 2.24) is 19.9 Å². The van der Waals surface area contributed by atoms with Gasteiger partial charge in [0.05, 0.1) is 5.02 Å². The molecule has 1 N–H and O–H groups in total. The highest BCUT2D eigenvalue weighted by Crippen LogP contribution is 2.21. The minimum absolute atomic E-state index is 0.538. The zero-order valence-electron chi connectivity index (χ0n) is 12.6. The molecule has 2 aromatic heterocycles. The molecule has 5 nitrogen and oxygen atoms in total. The van der Waals surface area contributed by atoms with Crippen LogP contribution in [0.2, 0.25) is 5.02 Å². The van der Waals surface area contributed by atoms with Gasteiger partial charge in [-0.2, -0.15) is 4.98 Å². The smallest absolute Gasteiger partial charge is 0.245 e. The van der Waals surface area contributed by atoms with E-state index in [0.717, 1.165) is 31.2 Å². The number of hydrogen-bond donors (Lipinski definition) is 1. The molecule has 6 heteroatoms. The first-order valence-electron chi connectivity index (χ1n) is 7.62. The van der Waals surface area contributed by atoms with Crippen molar-refractivity contribution >= 4 is 23.2 Å². The Bertz CT molecular complexity index is 609. The highest BCUT2D eigenvalue weighted by molar-refractivity contribution is 6.30. The van der Waals surface area contributed by atoms with Crippen molar-refractivity contribution in [3.63, 3.8) is 0 Å². The van der Waals surface area contributed by atoms with Crippen molar-refractivity contribution in [3.05, 3.63) is 23.4 Å². The maximum atomic E-state index is 6.00. The fraction of sp³-hybridized carbons (Fsp3) is 0.600. The Labute approximate surface area is 130 Å². The highest BCUT2D eigenvalue weighted by atomic mass is 35.5. The van der Waals surface area contributed by atoms with E-state index in [-0.39, 0.29) is 0 Å². The summed E-state index contributed by atoms with van der Waals surface area (Å²) in [6.07, 6.45) is 4.27. The first-order chi connectivity index (χ1) is 10.1. The maximum Gasteiger partial charge on any atom is 0.245 e. The van der Waals surface area contributed by atoms with E-state index in [9.17, 15) is 0 Å². The lowest BCUT2D eigenvalue weighted by Crippen LogP contribution is -2.41. The molecule has 0 aromatic carbocycles. The third-order valence-electron chi connectivity index (χ3n) is 3.90. The zero-order valence-corrected chi connectivity index (χ0v) is 13.3. The second kappa shape index (κ2) is 6.20. The van der Waals surface area contributed by atoms with Crippen LogP contribution in [0, 0.1) is 5.92 Å². The first kappa shape index (κ1) is 14.6. The number of pyridine rings is 1. The van der Waals surface area contributed by atoms with Crippen LogP contribution in [0.5, 0.6) is 0 Å². The van der Waals surface area contributed by atoms with Gasteiger partial charge in [-0.1, -0.05) is 25.4 Å². The van der Waals surface area contributed by atoms with Gasteiger partial charge in [-0.05, 0) is 37.4 Å². The molecule has 0 spiro atoms. The monoisotopic (exact) mass is 307 g/mol. The van der Waals surface area contributed by atoms with Gasteiger partial charge in [-0.15, -0.1) is 5.10 Å². The van der Waals surface area contributed by atoms with Crippen molar-refractivity contribution < 1.29 is 0 Å². The topological polar surface area (TPSA) is 45.5 Å². The number of aromatic nitrogens is 3. The number of anilines is 1. The van der Waals surface area contributed by atoms with E-state index in [1.807, 2.05) is 12.1 Å². The van der Waals surface area contributed by atoms with Gasteiger partial charge < -0.3 is 10.2 Å². The number of nitrogens with zero attached hydrogens (tertiary/aromatic N) is 4. The molecule has 0 aliphatic carbocycles. The summed E-state index contributed by atoms with van der Waals surface area (Å²) in [6.45, 7) is 7.49. The van der Waals surface area contributed by atoms with Crippen molar-refractivity contribution in [3.8, 4) is 0 Å². The molecule has 0 radical (unpaired) electrons. The SMILES string of the molecule is CC(C)NCC1CCCN(c2nc3ccc(Cl)cn3n2)C1. The number of piperidine rings is 1. The quantitative estimate of drug-likeness (QED) is 0.943. The Morgan fingerprint density at radius 1 is 1.43 bits per heavy atom. The van der Waals surface area contributed by atoms with Crippen LogP contribution >= 0.6 is 11.6 Å². The number of halogens is 1. The van der Waals surface area contributed by atoms with E-state index in [0.29, 0.717) is 17.0 Å².